The van der Waals surface area contributed by atoms with Gasteiger partial charge in [0.25, 0.3) is 0 Å². The van der Waals surface area contributed by atoms with Gasteiger partial charge in [0.15, 0.2) is 0 Å². The Hall–Kier alpha value is -0.860. The molecule has 0 fully saturated rings. The van der Waals surface area contributed by atoms with Crippen LogP contribution in [0.5, 0.6) is 0 Å². The Morgan fingerprint density at radius 2 is 2.56 bits per heavy atom. The van der Waals surface area contributed by atoms with Crippen molar-refractivity contribution in [2.75, 3.05) is 13.6 Å². The first-order valence-corrected chi connectivity index (χ1v) is 3.14. The first-order chi connectivity index (χ1) is 4.34. The molecule has 0 saturated carbocycles. The number of hydrogen-bond donors (Lipinski definition) is 2. The van der Waals surface area contributed by atoms with E-state index in [4.69, 9.17) is 5.41 Å². The van der Waals surface area contributed by atoms with Gasteiger partial charge in [0, 0.05) is 13.6 Å². The molecule has 0 saturated heterocycles. The molecule has 0 unspecified atom stereocenters. The van der Waals surface area contributed by atoms with Crippen molar-refractivity contribution in [2.24, 2.45) is 4.99 Å². The molecule has 3 nitrogen and oxygen atoms in total. The first kappa shape index (κ1) is 6.26. The summed E-state index contributed by atoms with van der Waals surface area (Å²) in [7, 11) is 1.75. The highest BCUT2D eigenvalue weighted by Gasteiger charge is 2.08. The second-order valence-corrected chi connectivity index (χ2v) is 2.06. The quantitative estimate of drug-likeness (QED) is 0.387. The zero-order valence-electron chi connectivity index (χ0n) is 5.57. The third-order valence-electron chi connectivity index (χ3n) is 1.41. The van der Waals surface area contributed by atoms with Crippen molar-refractivity contribution in [2.45, 2.75) is 12.8 Å². The molecular weight excluding hydrogens is 114 g/mol. The van der Waals surface area contributed by atoms with E-state index < -0.39 is 0 Å². The van der Waals surface area contributed by atoms with E-state index >= 15 is 0 Å². The highest BCUT2D eigenvalue weighted by Crippen LogP contribution is 2.02. The maximum atomic E-state index is 7.29. The van der Waals surface area contributed by atoms with Gasteiger partial charge in [0.1, 0.15) is 5.84 Å². The number of rotatable bonds is 1. The van der Waals surface area contributed by atoms with E-state index in [1.54, 1.807) is 7.05 Å². The summed E-state index contributed by atoms with van der Waals surface area (Å²) < 4.78 is 0. The van der Waals surface area contributed by atoms with Gasteiger partial charge in [-0.1, -0.05) is 0 Å². The minimum atomic E-state index is 0.479. The Balaban J connectivity index is 2.51. The average molecular weight is 125 g/mol. The molecule has 3 heteroatoms. The summed E-state index contributed by atoms with van der Waals surface area (Å²) >= 11 is 0. The van der Waals surface area contributed by atoms with Gasteiger partial charge in [-0.2, -0.15) is 0 Å². The van der Waals surface area contributed by atoms with Gasteiger partial charge in [0.2, 0.25) is 0 Å². The molecule has 50 valence electrons. The van der Waals surface area contributed by atoms with Gasteiger partial charge in [-0.3, -0.25) is 10.4 Å². The van der Waals surface area contributed by atoms with E-state index in [0.717, 1.165) is 25.1 Å². The molecule has 0 aliphatic carbocycles. The molecule has 1 rings (SSSR count). The zero-order chi connectivity index (χ0) is 6.69. The van der Waals surface area contributed by atoms with Crippen LogP contribution in [0.4, 0.5) is 0 Å². The molecule has 0 aromatic carbocycles. The summed E-state index contributed by atoms with van der Waals surface area (Å²) in [5.74, 6) is 0.479. The maximum Gasteiger partial charge on any atom is 0.139 e. The fraction of sp³-hybridized carbons (Fsp3) is 0.667. The Morgan fingerprint density at radius 1 is 1.78 bits per heavy atom. The molecule has 0 atom stereocenters. The number of nitrogens with zero attached hydrogens (tertiary/aromatic N) is 1. The van der Waals surface area contributed by atoms with Crippen LogP contribution >= 0.6 is 0 Å². The maximum absolute atomic E-state index is 7.29. The number of aliphatic imine (C=N–C) groups is 1. The van der Waals surface area contributed by atoms with Crippen LogP contribution in [-0.2, 0) is 0 Å². The minimum absolute atomic E-state index is 0.479. The summed E-state index contributed by atoms with van der Waals surface area (Å²) in [6.45, 7) is 0.902. The van der Waals surface area contributed by atoms with E-state index in [0.29, 0.717) is 5.84 Å². The van der Waals surface area contributed by atoms with Crippen LogP contribution in [0.15, 0.2) is 4.99 Å². The van der Waals surface area contributed by atoms with Gasteiger partial charge < -0.3 is 5.32 Å². The molecule has 9 heavy (non-hydrogen) atoms. The lowest BCUT2D eigenvalue weighted by molar-refractivity contribution is 0.951. The zero-order valence-corrected chi connectivity index (χ0v) is 5.57. The Bertz CT molecular complexity index is 148. The fourth-order valence-electron chi connectivity index (χ4n) is 0.888. The lowest BCUT2D eigenvalue weighted by Gasteiger charge is -1.98. The highest BCUT2D eigenvalue weighted by molar-refractivity contribution is 6.40. The molecular formula is C6H11N3. The molecule has 0 bridgehead atoms. The summed E-state index contributed by atoms with van der Waals surface area (Å²) in [6.07, 6.45) is 2.08. The normalized spacial score (nSPS) is 17.2. The minimum Gasteiger partial charge on any atom is -0.372 e. The van der Waals surface area contributed by atoms with Crippen LogP contribution in [-0.4, -0.2) is 25.1 Å². The van der Waals surface area contributed by atoms with Gasteiger partial charge in [0.05, 0.1) is 5.71 Å². The van der Waals surface area contributed by atoms with Gasteiger partial charge in [-0.15, -0.1) is 0 Å². The van der Waals surface area contributed by atoms with Crippen molar-refractivity contribution in [1.29, 1.82) is 5.41 Å². The Morgan fingerprint density at radius 3 is 3.00 bits per heavy atom. The molecule has 0 aromatic rings. The van der Waals surface area contributed by atoms with E-state index in [1.165, 1.54) is 0 Å². The first-order valence-electron chi connectivity index (χ1n) is 3.14. The van der Waals surface area contributed by atoms with Gasteiger partial charge in [-0.05, 0) is 12.8 Å². The molecule has 0 aromatic heterocycles. The highest BCUT2D eigenvalue weighted by atomic mass is 14.9. The molecule has 0 amide bonds. The van der Waals surface area contributed by atoms with Crippen LogP contribution in [0.3, 0.4) is 0 Å². The predicted octanol–water partition coefficient (Wildman–Crippen LogP) is 0.418. The van der Waals surface area contributed by atoms with Gasteiger partial charge >= 0.3 is 0 Å². The fourth-order valence-corrected chi connectivity index (χ4v) is 0.888. The SMILES string of the molecule is CNC(=N)C1=NCCC1. The summed E-state index contributed by atoms with van der Waals surface area (Å²) in [5.41, 5.74) is 0.928. The van der Waals surface area contributed by atoms with E-state index in [1.807, 2.05) is 0 Å². The number of nitrogens with one attached hydrogen (secondary N) is 2. The van der Waals surface area contributed by atoms with E-state index in [9.17, 15) is 0 Å². The second-order valence-electron chi connectivity index (χ2n) is 2.06. The van der Waals surface area contributed by atoms with Crippen LogP contribution in [0.1, 0.15) is 12.8 Å². The second kappa shape index (κ2) is 2.62. The van der Waals surface area contributed by atoms with Crippen LogP contribution in [0, 0.1) is 5.41 Å². The van der Waals surface area contributed by atoms with Gasteiger partial charge in [-0.25, -0.2) is 0 Å². The Labute approximate surface area is 54.7 Å². The van der Waals surface area contributed by atoms with Crippen molar-refractivity contribution >= 4 is 11.5 Å². The number of amidine groups is 1. The third kappa shape index (κ3) is 1.28. The van der Waals surface area contributed by atoms with Crippen LogP contribution in [0.25, 0.3) is 0 Å². The van der Waals surface area contributed by atoms with Crippen LogP contribution < -0.4 is 5.32 Å². The van der Waals surface area contributed by atoms with Crippen molar-refractivity contribution in [3.63, 3.8) is 0 Å². The molecule has 2 N–H and O–H groups in total. The molecule has 1 aliphatic heterocycles. The van der Waals surface area contributed by atoms with E-state index in [2.05, 4.69) is 10.3 Å². The molecule has 0 radical (unpaired) electrons. The Kier molecular flexibility index (Phi) is 1.82. The smallest absolute Gasteiger partial charge is 0.139 e. The average Bonchev–Trinajstić information content (AvgIpc) is 2.37. The molecule has 0 spiro atoms. The standard InChI is InChI=1S/C6H11N3/c1-8-6(7)5-3-2-4-9-5/h2-4H2,1H3,(H2,7,8). The van der Waals surface area contributed by atoms with Crippen molar-refractivity contribution < 1.29 is 0 Å². The van der Waals surface area contributed by atoms with Crippen LogP contribution in [0.2, 0.25) is 0 Å². The predicted molar refractivity (Wildman–Crippen MR) is 38.3 cm³/mol. The molecule has 1 aliphatic rings. The largest absolute Gasteiger partial charge is 0.372 e. The van der Waals surface area contributed by atoms with E-state index in [-0.39, 0.29) is 0 Å². The lowest BCUT2D eigenvalue weighted by Crippen LogP contribution is -2.25. The molecule has 1 heterocycles. The van der Waals surface area contributed by atoms with Crippen molar-refractivity contribution in [1.82, 2.24) is 5.32 Å². The summed E-state index contributed by atoms with van der Waals surface area (Å²) in [6, 6.07) is 0. The summed E-state index contributed by atoms with van der Waals surface area (Å²) in [5, 5.41) is 10.1. The monoisotopic (exact) mass is 125 g/mol. The van der Waals surface area contributed by atoms with Crippen molar-refractivity contribution in [3.05, 3.63) is 0 Å². The summed E-state index contributed by atoms with van der Waals surface area (Å²) in [4.78, 5) is 4.14. The topological polar surface area (TPSA) is 48.2 Å². The lowest BCUT2D eigenvalue weighted by atomic mass is 10.2. The number of hydrogen-bond acceptors (Lipinski definition) is 2. The van der Waals surface area contributed by atoms with Crippen molar-refractivity contribution in [3.8, 4) is 0 Å². The third-order valence-corrected chi connectivity index (χ3v) is 1.41.